The molecule has 33 heavy (non-hydrogen) atoms. The molecule has 2 aromatic rings. The lowest BCUT2D eigenvalue weighted by molar-refractivity contribution is -0.0406. The van der Waals surface area contributed by atoms with Crippen LogP contribution < -0.4 is 10.6 Å². The SMILES string of the molecule is C[C@@H]1CN(c2nc(C3CCCCC3)c3c(c2N)CC(C)(C)OC3)CCN1C(=O)c1ccoc1. The van der Waals surface area contributed by atoms with Crippen LogP contribution in [0.4, 0.5) is 11.5 Å². The molecule has 2 aliphatic heterocycles. The molecule has 0 radical (unpaired) electrons. The van der Waals surface area contributed by atoms with Crippen LogP contribution in [0.5, 0.6) is 0 Å². The molecule has 2 fully saturated rings. The number of rotatable bonds is 3. The van der Waals surface area contributed by atoms with Gasteiger partial charge in [0.2, 0.25) is 0 Å². The number of carbonyl (C=O) groups is 1. The van der Waals surface area contributed by atoms with Crippen molar-refractivity contribution in [2.75, 3.05) is 30.3 Å². The van der Waals surface area contributed by atoms with Gasteiger partial charge in [0, 0.05) is 43.6 Å². The van der Waals surface area contributed by atoms with Gasteiger partial charge in [0.05, 0.1) is 35.4 Å². The van der Waals surface area contributed by atoms with Crippen molar-refractivity contribution in [3.8, 4) is 0 Å². The second-order valence-corrected chi connectivity index (χ2v) is 10.6. The second kappa shape index (κ2) is 8.67. The van der Waals surface area contributed by atoms with Crippen LogP contribution in [0.2, 0.25) is 0 Å². The molecule has 3 aliphatic rings. The van der Waals surface area contributed by atoms with E-state index in [1.54, 1.807) is 12.3 Å². The van der Waals surface area contributed by atoms with Crippen LogP contribution >= 0.6 is 0 Å². The van der Waals surface area contributed by atoms with E-state index in [9.17, 15) is 4.79 Å². The van der Waals surface area contributed by atoms with E-state index < -0.39 is 0 Å². The van der Waals surface area contributed by atoms with Gasteiger partial charge in [-0.15, -0.1) is 0 Å². The minimum absolute atomic E-state index is 0.0177. The third-order valence-corrected chi connectivity index (χ3v) is 7.62. The van der Waals surface area contributed by atoms with E-state index in [0.717, 1.165) is 17.9 Å². The standard InChI is InChI=1S/C26H36N4O3/c1-17-14-29(10-11-30(17)25(31)19-9-12-32-15-19)24-22(27)20-13-26(2,3)33-16-21(20)23(28-24)18-7-5-4-6-8-18/h9,12,15,17-18H,4-8,10-11,13-14,16,27H2,1-3H3/t17-/m1/s1. The molecule has 7 nitrogen and oxygen atoms in total. The summed E-state index contributed by atoms with van der Waals surface area (Å²) in [5.74, 6) is 1.40. The highest BCUT2D eigenvalue weighted by Crippen LogP contribution is 2.43. The van der Waals surface area contributed by atoms with Crippen LogP contribution in [0.15, 0.2) is 23.0 Å². The smallest absolute Gasteiger partial charge is 0.257 e. The maximum Gasteiger partial charge on any atom is 0.257 e. The Bertz CT molecular complexity index is 1010. The molecule has 1 atom stereocenters. The number of nitrogen functional groups attached to an aromatic ring is 1. The van der Waals surface area contributed by atoms with Gasteiger partial charge in [-0.25, -0.2) is 4.98 Å². The van der Waals surface area contributed by atoms with Gasteiger partial charge < -0.3 is 24.7 Å². The van der Waals surface area contributed by atoms with Crippen molar-refractivity contribution < 1.29 is 13.9 Å². The largest absolute Gasteiger partial charge is 0.472 e. The van der Waals surface area contributed by atoms with Crippen molar-refractivity contribution in [2.24, 2.45) is 0 Å². The predicted octanol–water partition coefficient (Wildman–Crippen LogP) is 4.51. The van der Waals surface area contributed by atoms with Gasteiger partial charge in [-0.3, -0.25) is 4.79 Å². The van der Waals surface area contributed by atoms with Crippen molar-refractivity contribution in [1.29, 1.82) is 0 Å². The van der Waals surface area contributed by atoms with E-state index in [0.29, 0.717) is 37.7 Å². The normalized spacial score (nSPS) is 23.4. The number of furan rings is 1. The van der Waals surface area contributed by atoms with Gasteiger partial charge in [-0.2, -0.15) is 0 Å². The highest BCUT2D eigenvalue weighted by atomic mass is 16.5. The number of piperazine rings is 1. The Hall–Kier alpha value is -2.54. The number of anilines is 2. The predicted molar refractivity (Wildman–Crippen MR) is 128 cm³/mol. The third kappa shape index (κ3) is 4.23. The highest BCUT2D eigenvalue weighted by Gasteiger charge is 2.36. The molecule has 7 heteroatoms. The summed E-state index contributed by atoms with van der Waals surface area (Å²) in [7, 11) is 0. The second-order valence-electron chi connectivity index (χ2n) is 10.6. The van der Waals surface area contributed by atoms with Crippen LogP contribution in [0.25, 0.3) is 0 Å². The molecular formula is C26H36N4O3. The van der Waals surface area contributed by atoms with Crippen LogP contribution in [0, 0.1) is 0 Å². The molecule has 0 unspecified atom stereocenters. The average Bonchev–Trinajstić information content (AvgIpc) is 3.34. The number of amides is 1. The van der Waals surface area contributed by atoms with E-state index in [4.69, 9.17) is 19.9 Å². The van der Waals surface area contributed by atoms with E-state index >= 15 is 0 Å². The lowest BCUT2D eigenvalue weighted by atomic mass is 9.81. The molecule has 1 aliphatic carbocycles. The van der Waals surface area contributed by atoms with Gasteiger partial charge >= 0.3 is 0 Å². The molecule has 2 N–H and O–H groups in total. The lowest BCUT2D eigenvalue weighted by Gasteiger charge is -2.42. The maximum atomic E-state index is 12.9. The lowest BCUT2D eigenvalue weighted by Crippen LogP contribution is -2.54. The fourth-order valence-electron chi connectivity index (χ4n) is 5.76. The zero-order chi connectivity index (χ0) is 23.2. The minimum Gasteiger partial charge on any atom is -0.472 e. The topological polar surface area (TPSA) is 84.8 Å². The quantitative estimate of drug-likeness (QED) is 0.738. The summed E-state index contributed by atoms with van der Waals surface area (Å²) in [5, 5.41) is 0. The van der Waals surface area contributed by atoms with Crippen LogP contribution in [0.3, 0.4) is 0 Å². The zero-order valence-corrected chi connectivity index (χ0v) is 20.1. The van der Waals surface area contributed by atoms with Gasteiger partial charge in [-0.05, 0) is 45.2 Å². The molecule has 2 aromatic heterocycles. The monoisotopic (exact) mass is 452 g/mol. The number of hydrogen-bond donors (Lipinski definition) is 1. The first kappa shape index (κ1) is 22.3. The van der Waals surface area contributed by atoms with Crippen LogP contribution in [0.1, 0.15) is 86.0 Å². The molecule has 5 rings (SSSR count). The van der Waals surface area contributed by atoms with E-state index in [2.05, 4.69) is 25.7 Å². The Morgan fingerprint density at radius 3 is 2.67 bits per heavy atom. The molecule has 0 aromatic carbocycles. The number of carbonyl (C=O) groups excluding carboxylic acids is 1. The molecule has 1 saturated carbocycles. The number of nitrogens with two attached hydrogens (primary N) is 1. The van der Waals surface area contributed by atoms with Gasteiger partial charge in [0.15, 0.2) is 5.82 Å². The van der Waals surface area contributed by atoms with Gasteiger partial charge in [0.25, 0.3) is 5.91 Å². The molecule has 1 saturated heterocycles. The zero-order valence-electron chi connectivity index (χ0n) is 20.1. The molecule has 4 heterocycles. The number of hydrogen-bond acceptors (Lipinski definition) is 6. The van der Waals surface area contributed by atoms with Gasteiger partial charge in [0.1, 0.15) is 6.26 Å². The van der Waals surface area contributed by atoms with E-state index in [-0.39, 0.29) is 17.6 Å². The first-order valence-electron chi connectivity index (χ1n) is 12.4. The highest BCUT2D eigenvalue weighted by molar-refractivity contribution is 5.94. The van der Waals surface area contributed by atoms with Crippen molar-refractivity contribution >= 4 is 17.4 Å². The molecule has 1 amide bonds. The summed E-state index contributed by atoms with van der Waals surface area (Å²) in [6.45, 7) is 9.02. The average molecular weight is 453 g/mol. The number of aromatic nitrogens is 1. The molecule has 178 valence electrons. The Morgan fingerprint density at radius 1 is 1.18 bits per heavy atom. The third-order valence-electron chi connectivity index (χ3n) is 7.62. The van der Waals surface area contributed by atoms with Crippen LogP contribution in [-0.2, 0) is 17.8 Å². The Kier molecular flexibility index (Phi) is 5.85. The number of nitrogens with zero attached hydrogens (tertiary/aromatic N) is 3. The summed E-state index contributed by atoms with van der Waals surface area (Å²) in [5.41, 5.74) is 11.6. The Labute approximate surface area is 196 Å². The van der Waals surface area contributed by atoms with Crippen molar-refractivity contribution in [2.45, 2.75) is 83.5 Å². The summed E-state index contributed by atoms with van der Waals surface area (Å²) >= 11 is 0. The Balaban J connectivity index is 1.46. The molecular weight excluding hydrogens is 416 g/mol. The fraction of sp³-hybridized carbons (Fsp3) is 0.615. The van der Waals surface area contributed by atoms with Crippen LogP contribution in [-0.4, -0.2) is 47.1 Å². The Morgan fingerprint density at radius 2 is 1.97 bits per heavy atom. The summed E-state index contributed by atoms with van der Waals surface area (Å²) in [4.78, 5) is 22.3. The van der Waals surface area contributed by atoms with E-state index in [1.807, 2.05) is 4.90 Å². The fourth-order valence-corrected chi connectivity index (χ4v) is 5.76. The first-order valence-corrected chi connectivity index (χ1v) is 12.4. The van der Waals surface area contributed by atoms with Crippen molar-refractivity contribution in [3.05, 3.63) is 41.0 Å². The first-order chi connectivity index (χ1) is 15.8. The number of fused-ring (bicyclic) bond motifs is 1. The van der Waals surface area contributed by atoms with Gasteiger partial charge in [-0.1, -0.05) is 19.3 Å². The summed E-state index contributed by atoms with van der Waals surface area (Å²) in [6, 6.07) is 1.78. The maximum absolute atomic E-state index is 12.9. The van der Waals surface area contributed by atoms with Crippen molar-refractivity contribution in [3.63, 3.8) is 0 Å². The number of ether oxygens (including phenoxy) is 1. The van der Waals surface area contributed by atoms with Crippen molar-refractivity contribution in [1.82, 2.24) is 9.88 Å². The molecule has 0 bridgehead atoms. The summed E-state index contributed by atoms with van der Waals surface area (Å²) < 4.78 is 11.3. The number of pyridine rings is 1. The van der Waals surface area contributed by atoms with E-state index in [1.165, 1.54) is 55.2 Å². The molecule has 0 spiro atoms. The summed E-state index contributed by atoms with van der Waals surface area (Å²) in [6.07, 6.45) is 10.1. The minimum atomic E-state index is -0.230.